The van der Waals surface area contributed by atoms with E-state index < -0.39 is 6.10 Å². The highest BCUT2D eigenvalue weighted by Gasteiger charge is 2.18. The molecule has 1 amide bonds. The van der Waals surface area contributed by atoms with Gasteiger partial charge in [-0.3, -0.25) is 4.79 Å². The van der Waals surface area contributed by atoms with Crippen LogP contribution in [0.4, 0.5) is 0 Å². The second-order valence-corrected chi connectivity index (χ2v) is 7.62. The maximum absolute atomic E-state index is 12.4. The van der Waals surface area contributed by atoms with Crippen molar-refractivity contribution in [2.45, 2.75) is 32.5 Å². The predicted molar refractivity (Wildman–Crippen MR) is 118 cm³/mol. The molecule has 2 aromatic carbocycles. The lowest BCUT2D eigenvalue weighted by Gasteiger charge is -2.17. The van der Waals surface area contributed by atoms with Crippen molar-refractivity contribution in [3.8, 4) is 17.2 Å². The fourth-order valence-corrected chi connectivity index (χ4v) is 2.94. The summed E-state index contributed by atoms with van der Waals surface area (Å²) in [4.78, 5) is 12.4. The monoisotopic (exact) mass is 455 g/mol. The molecule has 1 atom stereocenters. The number of hydrogen-bond donors (Lipinski definition) is 1. The van der Waals surface area contributed by atoms with Gasteiger partial charge in [0.2, 0.25) is 0 Å². The number of rotatable bonds is 11. The van der Waals surface area contributed by atoms with Gasteiger partial charge in [0.15, 0.2) is 17.6 Å². The fourth-order valence-electron chi connectivity index (χ4n) is 2.65. The summed E-state index contributed by atoms with van der Waals surface area (Å²) in [5.74, 6) is 1.61. The second-order valence-electron chi connectivity index (χ2n) is 6.80. The number of carbonyl (C=O) groups is 1. The topological polar surface area (TPSA) is 66.0 Å². The van der Waals surface area contributed by atoms with Crippen LogP contribution >= 0.6 is 23.2 Å². The minimum Gasteiger partial charge on any atom is -0.493 e. The summed E-state index contributed by atoms with van der Waals surface area (Å²) in [6.07, 6.45) is -0.0642. The molecule has 164 valence electrons. The first-order chi connectivity index (χ1) is 14.3. The van der Waals surface area contributed by atoms with Gasteiger partial charge in [-0.25, -0.2) is 0 Å². The van der Waals surface area contributed by atoms with Crippen LogP contribution in [0.15, 0.2) is 36.4 Å². The molecule has 0 bridgehead atoms. The quantitative estimate of drug-likeness (QED) is 0.538. The summed E-state index contributed by atoms with van der Waals surface area (Å²) < 4.78 is 22.0. The van der Waals surface area contributed by atoms with E-state index in [2.05, 4.69) is 5.32 Å². The van der Waals surface area contributed by atoms with Gasteiger partial charge in [-0.1, -0.05) is 29.3 Å². The van der Waals surface area contributed by atoms with Crippen molar-refractivity contribution in [3.63, 3.8) is 0 Å². The second kappa shape index (κ2) is 11.9. The van der Waals surface area contributed by atoms with Gasteiger partial charge in [0.05, 0.1) is 23.3 Å². The highest BCUT2D eigenvalue weighted by Crippen LogP contribution is 2.29. The maximum Gasteiger partial charge on any atom is 0.252 e. The van der Waals surface area contributed by atoms with E-state index in [9.17, 15) is 4.79 Å². The summed E-state index contributed by atoms with van der Waals surface area (Å²) in [6.45, 7) is 4.41. The average molecular weight is 456 g/mol. The van der Waals surface area contributed by atoms with Crippen molar-refractivity contribution >= 4 is 29.1 Å². The first kappa shape index (κ1) is 24.1. The minimum absolute atomic E-state index is 0.0509. The van der Waals surface area contributed by atoms with Crippen LogP contribution in [0, 0.1) is 0 Å². The van der Waals surface area contributed by atoms with Gasteiger partial charge in [0.25, 0.3) is 5.91 Å². The Bertz CT molecular complexity index is 844. The molecule has 6 nitrogen and oxygen atoms in total. The molecule has 1 N–H and O–H groups in total. The first-order valence-electron chi connectivity index (χ1n) is 9.56. The molecule has 0 unspecified atom stereocenters. The van der Waals surface area contributed by atoms with E-state index in [1.807, 2.05) is 32.0 Å². The van der Waals surface area contributed by atoms with E-state index in [4.69, 9.17) is 42.1 Å². The lowest BCUT2D eigenvalue weighted by molar-refractivity contribution is -0.132. The molecular formula is C22H27Cl2NO5. The van der Waals surface area contributed by atoms with Crippen LogP contribution in [-0.4, -0.2) is 45.5 Å². The van der Waals surface area contributed by atoms with Crippen molar-refractivity contribution in [1.29, 1.82) is 0 Å². The van der Waals surface area contributed by atoms with Gasteiger partial charge < -0.3 is 24.3 Å². The summed E-state index contributed by atoms with van der Waals surface area (Å²) in [5.41, 5.74) is 1.02. The summed E-state index contributed by atoms with van der Waals surface area (Å²) in [7, 11) is 3.06. The summed E-state index contributed by atoms with van der Waals surface area (Å²) in [6, 6.07) is 10.6. The Labute approximate surface area is 187 Å². The Hall–Kier alpha value is -2.15. The standard InChI is InChI=1S/C22H27Cl2NO5/c1-14(2)30-19-8-5-15(11-20(19)27-3)9-10-25-22(26)21(28-4)13-29-16-6-7-17(23)18(24)12-16/h5-8,11-12,14,21H,9-10,13H2,1-4H3,(H,25,26)/t21-/m0/s1. The van der Waals surface area contributed by atoms with E-state index in [0.717, 1.165) is 5.56 Å². The lowest BCUT2D eigenvalue weighted by Crippen LogP contribution is -2.40. The van der Waals surface area contributed by atoms with Crippen molar-refractivity contribution < 1.29 is 23.7 Å². The Morgan fingerprint density at radius 2 is 1.80 bits per heavy atom. The van der Waals surface area contributed by atoms with Gasteiger partial charge in [-0.2, -0.15) is 0 Å². The van der Waals surface area contributed by atoms with Gasteiger partial charge in [0.1, 0.15) is 12.4 Å². The highest BCUT2D eigenvalue weighted by molar-refractivity contribution is 6.42. The van der Waals surface area contributed by atoms with Gasteiger partial charge in [0, 0.05) is 19.7 Å². The Morgan fingerprint density at radius 1 is 1.03 bits per heavy atom. The Balaban J connectivity index is 1.85. The number of methoxy groups -OCH3 is 2. The number of halogens is 2. The molecular weight excluding hydrogens is 429 g/mol. The number of amides is 1. The largest absolute Gasteiger partial charge is 0.493 e. The van der Waals surface area contributed by atoms with Crippen LogP contribution in [0.5, 0.6) is 17.2 Å². The van der Waals surface area contributed by atoms with Gasteiger partial charge >= 0.3 is 0 Å². The van der Waals surface area contributed by atoms with Crippen molar-refractivity contribution in [3.05, 3.63) is 52.0 Å². The number of ether oxygens (including phenoxy) is 4. The molecule has 0 fully saturated rings. The lowest BCUT2D eigenvalue weighted by atomic mass is 10.1. The van der Waals surface area contributed by atoms with Crippen molar-refractivity contribution in [1.82, 2.24) is 5.32 Å². The molecule has 0 saturated carbocycles. The van der Waals surface area contributed by atoms with Crippen LogP contribution < -0.4 is 19.5 Å². The Kier molecular flexibility index (Phi) is 9.56. The van der Waals surface area contributed by atoms with Gasteiger partial charge in [-0.05, 0) is 50.1 Å². The first-order valence-corrected chi connectivity index (χ1v) is 10.3. The van der Waals surface area contributed by atoms with Crippen LogP contribution in [0.3, 0.4) is 0 Å². The molecule has 2 aromatic rings. The van der Waals surface area contributed by atoms with Crippen molar-refractivity contribution in [2.75, 3.05) is 27.4 Å². The maximum atomic E-state index is 12.4. The van der Waals surface area contributed by atoms with E-state index in [0.29, 0.717) is 40.3 Å². The predicted octanol–water partition coefficient (Wildman–Crippen LogP) is 4.54. The summed E-state index contributed by atoms with van der Waals surface area (Å²) >= 11 is 11.9. The molecule has 8 heteroatoms. The van der Waals surface area contributed by atoms with Crippen LogP contribution in [0.2, 0.25) is 10.0 Å². The smallest absolute Gasteiger partial charge is 0.252 e. The zero-order chi connectivity index (χ0) is 22.1. The molecule has 0 aromatic heterocycles. The fraction of sp³-hybridized carbons (Fsp3) is 0.409. The Morgan fingerprint density at radius 3 is 2.43 bits per heavy atom. The third-order valence-electron chi connectivity index (χ3n) is 4.17. The zero-order valence-electron chi connectivity index (χ0n) is 17.5. The van der Waals surface area contributed by atoms with Gasteiger partial charge in [-0.15, -0.1) is 0 Å². The molecule has 2 rings (SSSR count). The zero-order valence-corrected chi connectivity index (χ0v) is 19.0. The van der Waals surface area contributed by atoms with E-state index in [1.165, 1.54) is 7.11 Å². The highest BCUT2D eigenvalue weighted by atomic mass is 35.5. The number of benzene rings is 2. The molecule has 0 radical (unpaired) electrons. The molecule has 0 heterocycles. The molecule has 0 spiro atoms. The van der Waals surface area contributed by atoms with Crippen LogP contribution in [0.1, 0.15) is 19.4 Å². The third kappa shape index (κ3) is 7.27. The van der Waals surface area contributed by atoms with E-state index >= 15 is 0 Å². The number of hydrogen-bond acceptors (Lipinski definition) is 5. The van der Waals surface area contributed by atoms with Crippen LogP contribution in [0.25, 0.3) is 0 Å². The van der Waals surface area contributed by atoms with E-state index in [-0.39, 0.29) is 18.6 Å². The minimum atomic E-state index is -0.754. The van der Waals surface area contributed by atoms with E-state index in [1.54, 1.807) is 25.3 Å². The third-order valence-corrected chi connectivity index (χ3v) is 4.91. The number of nitrogens with one attached hydrogen (secondary N) is 1. The molecule has 0 aliphatic heterocycles. The normalized spacial score (nSPS) is 11.8. The van der Waals surface area contributed by atoms with Crippen LogP contribution in [-0.2, 0) is 16.0 Å². The SMILES string of the molecule is COc1cc(CCNC(=O)[C@H](COc2ccc(Cl)c(Cl)c2)OC)ccc1OC(C)C. The van der Waals surface area contributed by atoms with Crippen molar-refractivity contribution in [2.24, 2.45) is 0 Å². The number of carbonyl (C=O) groups excluding carboxylic acids is 1. The molecule has 0 aliphatic rings. The molecule has 0 saturated heterocycles. The summed E-state index contributed by atoms with van der Waals surface area (Å²) in [5, 5.41) is 3.68. The molecule has 30 heavy (non-hydrogen) atoms. The average Bonchev–Trinajstić information content (AvgIpc) is 2.71. The molecule has 0 aliphatic carbocycles.